The van der Waals surface area contributed by atoms with Gasteiger partial charge >= 0.3 is 6.18 Å². The average Bonchev–Trinajstić information content (AvgIpc) is 2.69. The van der Waals surface area contributed by atoms with Crippen LogP contribution in [0.4, 0.5) is 13.2 Å². The zero-order valence-corrected chi connectivity index (χ0v) is 15.5. The zero-order valence-electron chi connectivity index (χ0n) is 15.5. The fourth-order valence-electron chi connectivity index (χ4n) is 2.15. The molecule has 0 fully saturated rings. The van der Waals surface area contributed by atoms with Gasteiger partial charge in [0.25, 0.3) is 0 Å². The van der Waals surface area contributed by atoms with Crippen LogP contribution in [0.25, 0.3) is 0 Å². The van der Waals surface area contributed by atoms with Crippen molar-refractivity contribution in [2.75, 3.05) is 26.8 Å². The highest BCUT2D eigenvalue weighted by molar-refractivity contribution is 5.79. The highest BCUT2D eigenvalue weighted by Gasteiger charge is 2.28. The van der Waals surface area contributed by atoms with E-state index in [1.165, 1.54) is 12.3 Å². The Kier molecular flexibility index (Phi) is 8.38. The van der Waals surface area contributed by atoms with Crippen LogP contribution in [0.3, 0.4) is 0 Å². The van der Waals surface area contributed by atoms with E-state index >= 15 is 0 Å². The number of hydrogen-bond acceptors (Lipinski definition) is 4. The molecule has 6 nitrogen and oxygen atoms in total. The van der Waals surface area contributed by atoms with Crippen molar-refractivity contribution in [2.45, 2.75) is 19.1 Å². The molecule has 0 aliphatic rings. The Hall–Kier alpha value is -2.97. The van der Waals surface area contributed by atoms with Gasteiger partial charge in [-0.2, -0.15) is 13.2 Å². The summed E-state index contributed by atoms with van der Waals surface area (Å²) in [6.45, 7) is 0.321. The number of aromatic nitrogens is 1. The number of para-hydroxylation sites is 1. The molecule has 1 aromatic heterocycles. The molecule has 0 aliphatic carbocycles. The molecule has 1 heterocycles. The fourth-order valence-corrected chi connectivity index (χ4v) is 2.15. The quantitative estimate of drug-likeness (QED) is 0.387. The number of guanidine groups is 1. The molecule has 0 saturated heterocycles. The lowest BCUT2D eigenvalue weighted by molar-refractivity contribution is -0.154. The number of aliphatic imine (C=N–C) groups is 1. The van der Waals surface area contributed by atoms with Crippen molar-refractivity contribution in [3.8, 4) is 11.6 Å². The predicted molar refractivity (Wildman–Crippen MR) is 101 cm³/mol. The minimum absolute atomic E-state index is 0.0676. The lowest BCUT2D eigenvalue weighted by atomic mass is 10.3. The second-order valence-corrected chi connectivity index (χ2v) is 5.78. The van der Waals surface area contributed by atoms with Gasteiger partial charge in [0.05, 0.1) is 6.61 Å². The Morgan fingerprint density at radius 3 is 2.50 bits per heavy atom. The van der Waals surface area contributed by atoms with Crippen LogP contribution >= 0.6 is 0 Å². The van der Waals surface area contributed by atoms with Crippen molar-refractivity contribution in [1.82, 2.24) is 15.6 Å². The predicted octanol–water partition coefficient (Wildman–Crippen LogP) is 3.16. The van der Waals surface area contributed by atoms with Crippen molar-refractivity contribution in [1.29, 1.82) is 0 Å². The third-order valence-corrected chi connectivity index (χ3v) is 3.49. The summed E-state index contributed by atoms with van der Waals surface area (Å²) in [5, 5.41) is 6.27. The summed E-state index contributed by atoms with van der Waals surface area (Å²) in [6, 6.07) is 12.6. The number of rotatable bonds is 9. The summed E-state index contributed by atoms with van der Waals surface area (Å²) >= 11 is 0. The molecule has 28 heavy (non-hydrogen) atoms. The Morgan fingerprint density at radius 2 is 1.86 bits per heavy atom. The van der Waals surface area contributed by atoms with Crippen LogP contribution in [0.5, 0.6) is 11.6 Å². The SMILES string of the molecule is CN=C(NCCCOc1ccccc1)NCc1ccc(OCC(F)(F)F)nc1. The van der Waals surface area contributed by atoms with Gasteiger partial charge in [-0.15, -0.1) is 0 Å². The van der Waals surface area contributed by atoms with Crippen LogP contribution < -0.4 is 20.1 Å². The first-order valence-electron chi connectivity index (χ1n) is 8.73. The van der Waals surface area contributed by atoms with Crippen molar-refractivity contribution in [2.24, 2.45) is 4.99 Å². The highest BCUT2D eigenvalue weighted by atomic mass is 19.4. The number of ether oxygens (including phenoxy) is 2. The van der Waals surface area contributed by atoms with Crippen molar-refractivity contribution < 1.29 is 22.6 Å². The Bertz CT molecular complexity index is 722. The minimum Gasteiger partial charge on any atom is -0.494 e. The van der Waals surface area contributed by atoms with E-state index < -0.39 is 12.8 Å². The Balaban J connectivity index is 1.64. The molecule has 0 spiro atoms. The number of hydrogen-bond donors (Lipinski definition) is 2. The van der Waals surface area contributed by atoms with Gasteiger partial charge in [0, 0.05) is 32.4 Å². The monoisotopic (exact) mass is 396 g/mol. The molecule has 0 amide bonds. The summed E-state index contributed by atoms with van der Waals surface area (Å²) < 4.78 is 46.5. The van der Waals surface area contributed by atoms with Crippen LogP contribution in [-0.4, -0.2) is 43.9 Å². The van der Waals surface area contributed by atoms with Crippen LogP contribution in [-0.2, 0) is 6.54 Å². The van der Waals surface area contributed by atoms with Gasteiger partial charge < -0.3 is 20.1 Å². The van der Waals surface area contributed by atoms with Gasteiger partial charge in [-0.25, -0.2) is 4.98 Å². The highest BCUT2D eigenvalue weighted by Crippen LogP contribution is 2.17. The maximum atomic E-state index is 12.1. The smallest absolute Gasteiger partial charge is 0.422 e. The van der Waals surface area contributed by atoms with E-state index in [4.69, 9.17) is 4.74 Å². The third-order valence-electron chi connectivity index (χ3n) is 3.49. The van der Waals surface area contributed by atoms with Gasteiger partial charge in [0.15, 0.2) is 12.6 Å². The molecular formula is C19H23F3N4O2. The Morgan fingerprint density at radius 1 is 1.07 bits per heavy atom. The minimum atomic E-state index is -4.38. The molecule has 0 radical (unpaired) electrons. The first-order chi connectivity index (χ1) is 13.5. The van der Waals surface area contributed by atoms with Gasteiger partial charge in [-0.3, -0.25) is 4.99 Å². The summed E-state index contributed by atoms with van der Waals surface area (Å²) in [4.78, 5) is 7.98. The second-order valence-electron chi connectivity index (χ2n) is 5.78. The lowest BCUT2D eigenvalue weighted by Gasteiger charge is -2.13. The van der Waals surface area contributed by atoms with Crippen molar-refractivity contribution in [3.63, 3.8) is 0 Å². The van der Waals surface area contributed by atoms with Gasteiger partial charge in [-0.05, 0) is 24.1 Å². The molecule has 0 unspecified atom stereocenters. The van der Waals surface area contributed by atoms with E-state index in [1.807, 2.05) is 30.3 Å². The number of benzene rings is 1. The molecule has 1 aromatic carbocycles. The third kappa shape index (κ3) is 8.61. The number of nitrogens with zero attached hydrogens (tertiary/aromatic N) is 2. The number of nitrogens with one attached hydrogen (secondary N) is 2. The number of alkyl halides is 3. The molecule has 152 valence electrons. The molecule has 0 bridgehead atoms. The summed E-state index contributed by atoms with van der Waals surface area (Å²) in [5.41, 5.74) is 0.787. The van der Waals surface area contributed by atoms with E-state index in [0.717, 1.165) is 17.7 Å². The van der Waals surface area contributed by atoms with E-state index in [-0.39, 0.29) is 5.88 Å². The van der Waals surface area contributed by atoms with E-state index in [2.05, 4.69) is 25.3 Å². The van der Waals surface area contributed by atoms with Crippen LogP contribution in [0.15, 0.2) is 53.7 Å². The second kappa shape index (κ2) is 11.0. The topological polar surface area (TPSA) is 67.8 Å². The fraction of sp³-hybridized carbons (Fsp3) is 0.368. The molecule has 2 rings (SSSR count). The molecule has 0 saturated carbocycles. The van der Waals surface area contributed by atoms with E-state index in [1.54, 1.807) is 13.1 Å². The molecule has 2 N–H and O–H groups in total. The molecule has 2 aromatic rings. The molecule has 0 aliphatic heterocycles. The van der Waals surface area contributed by atoms with E-state index in [9.17, 15) is 13.2 Å². The van der Waals surface area contributed by atoms with Gasteiger partial charge in [0.2, 0.25) is 5.88 Å². The maximum absolute atomic E-state index is 12.1. The first-order valence-corrected chi connectivity index (χ1v) is 8.73. The maximum Gasteiger partial charge on any atom is 0.422 e. The van der Waals surface area contributed by atoms with Crippen LogP contribution in [0, 0.1) is 0 Å². The van der Waals surface area contributed by atoms with Crippen LogP contribution in [0.1, 0.15) is 12.0 Å². The van der Waals surface area contributed by atoms with Crippen molar-refractivity contribution >= 4 is 5.96 Å². The van der Waals surface area contributed by atoms with Gasteiger partial charge in [-0.1, -0.05) is 24.3 Å². The molecular weight excluding hydrogens is 373 g/mol. The summed E-state index contributed by atoms with van der Waals surface area (Å²) in [5.74, 6) is 1.37. The lowest BCUT2D eigenvalue weighted by Crippen LogP contribution is -2.37. The largest absolute Gasteiger partial charge is 0.494 e. The first kappa shape index (κ1) is 21.3. The average molecular weight is 396 g/mol. The number of pyridine rings is 1. The summed E-state index contributed by atoms with van der Waals surface area (Å²) in [7, 11) is 1.65. The Labute approximate surface area is 161 Å². The van der Waals surface area contributed by atoms with Crippen LogP contribution in [0.2, 0.25) is 0 Å². The summed E-state index contributed by atoms with van der Waals surface area (Å²) in [6.07, 6.45) is -2.13. The zero-order chi connectivity index (χ0) is 20.2. The van der Waals surface area contributed by atoms with Gasteiger partial charge in [0.1, 0.15) is 5.75 Å². The number of halogens is 3. The normalized spacial score (nSPS) is 11.8. The molecule has 9 heteroatoms. The van der Waals surface area contributed by atoms with E-state index in [0.29, 0.717) is 25.7 Å². The van der Waals surface area contributed by atoms with Crippen molar-refractivity contribution in [3.05, 3.63) is 54.2 Å². The molecule has 0 atom stereocenters. The standard InChI is InChI=1S/C19H23F3N4O2/c1-23-18(24-10-5-11-27-16-6-3-2-4-7-16)26-13-15-8-9-17(25-12-15)28-14-19(20,21)22/h2-4,6-9,12H,5,10-11,13-14H2,1H3,(H2,23,24,26).